The molecule has 0 aliphatic heterocycles. The van der Waals surface area contributed by atoms with Crippen LogP contribution in [0.4, 0.5) is 0 Å². The Morgan fingerprint density at radius 1 is 1.50 bits per heavy atom. The number of rotatable bonds is 5. The van der Waals surface area contributed by atoms with Crippen LogP contribution in [0, 0.1) is 0 Å². The number of hydrogen-bond acceptors (Lipinski definition) is 3. The minimum atomic E-state index is 0.00217. The summed E-state index contributed by atoms with van der Waals surface area (Å²) in [5.74, 6) is 0.246. The van der Waals surface area contributed by atoms with E-state index in [0.29, 0.717) is 13.0 Å². The van der Waals surface area contributed by atoms with Crippen molar-refractivity contribution in [3.8, 4) is 0 Å². The summed E-state index contributed by atoms with van der Waals surface area (Å²) >= 11 is 0. The van der Waals surface area contributed by atoms with Gasteiger partial charge in [0.2, 0.25) is 0 Å². The van der Waals surface area contributed by atoms with Crippen LogP contribution < -0.4 is 5.32 Å². The number of ketones is 1. The average molecular weight is 223 g/mol. The molecule has 0 amide bonds. The van der Waals surface area contributed by atoms with Crippen molar-refractivity contribution in [2.24, 2.45) is 7.05 Å². The molecular weight excluding hydrogens is 202 g/mol. The molecule has 4 nitrogen and oxygen atoms in total. The fourth-order valence-corrected chi connectivity index (χ4v) is 1.37. The highest BCUT2D eigenvalue weighted by Crippen LogP contribution is 2.02. The van der Waals surface area contributed by atoms with Crippen LogP contribution >= 0.6 is 0 Å². The van der Waals surface area contributed by atoms with Crippen LogP contribution in [0.25, 0.3) is 0 Å². The Labute approximate surface area is 97.0 Å². The molecule has 1 aromatic heterocycles. The zero-order chi connectivity index (χ0) is 12.2. The maximum Gasteiger partial charge on any atom is 0.147 e. The normalized spacial score (nSPS) is 11.8. The van der Waals surface area contributed by atoms with E-state index in [2.05, 4.69) is 31.2 Å². The lowest BCUT2D eigenvalue weighted by atomic mass is 10.1. The van der Waals surface area contributed by atoms with Crippen LogP contribution in [0.15, 0.2) is 12.3 Å². The number of carbonyl (C=O) groups excluding carboxylic acids is 1. The van der Waals surface area contributed by atoms with Crippen LogP contribution in [0.5, 0.6) is 0 Å². The van der Waals surface area contributed by atoms with Crippen LogP contribution in [0.3, 0.4) is 0 Å². The number of Topliss-reactive ketones (excluding diaryl/α,β-unsaturated/α-hetero) is 1. The predicted molar refractivity (Wildman–Crippen MR) is 64.3 cm³/mol. The lowest BCUT2D eigenvalue weighted by Gasteiger charge is -2.19. The van der Waals surface area contributed by atoms with Gasteiger partial charge in [-0.3, -0.25) is 9.48 Å². The molecule has 0 unspecified atom stereocenters. The van der Waals surface area contributed by atoms with E-state index in [4.69, 9.17) is 0 Å². The lowest BCUT2D eigenvalue weighted by Crippen LogP contribution is -2.39. The van der Waals surface area contributed by atoms with Crippen molar-refractivity contribution in [2.75, 3.05) is 6.54 Å². The van der Waals surface area contributed by atoms with Gasteiger partial charge >= 0.3 is 0 Å². The molecule has 0 radical (unpaired) electrons. The van der Waals surface area contributed by atoms with Crippen LogP contribution in [-0.2, 0) is 18.3 Å². The first-order valence-corrected chi connectivity index (χ1v) is 5.62. The third-order valence-corrected chi connectivity index (χ3v) is 2.40. The Bertz CT molecular complexity index is 349. The third kappa shape index (κ3) is 4.57. The van der Waals surface area contributed by atoms with Crippen molar-refractivity contribution in [1.29, 1.82) is 0 Å². The average Bonchev–Trinajstić information content (AvgIpc) is 2.57. The summed E-state index contributed by atoms with van der Waals surface area (Å²) < 4.78 is 1.81. The van der Waals surface area contributed by atoms with Gasteiger partial charge in [0.15, 0.2) is 0 Å². The van der Waals surface area contributed by atoms with Gasteiger partial charge in [-0.1, -0.05) is 0 Å². The second-order valence-electron chi connectivity index (χ2n) is 5.09. The molecule has 4 heteroatoms. The molecule has 16 heavy (non-hydrogen) atoms. The number of hydrogen-bond donors (Lipinski definition) is 1. The van der Waals surface area contributed by atoms with Gasteiger partial charge in [-0.25, -0.2) is 0 Å². The summed E-state index contributed by atoms with van der Waals surface area (Å²) in [6.45, 7) is 6.62. The highest BCUT2D eigenvalue weighted by Gasteiger charge is 2.11. The van der Waals surface area contributed by atoms with Gasteiger partial charge in [-0.15, -0.1) is 0 Å². The van der Waals surface area contributed by atoms with E-state index in [1.165, 1.54) is 0 Å². The van der Waals surface area contributed by atoms with Crippen molar-refractivity contribution in [3.63, 3.8) is 0 Å². The number of carbonyl (C=O) groups is 1. The van der Waals surface area contributed by atoms with E-state index in [1.807, 2.05) is 17.8 Å². The first kappa shape index (κ1) is 12.9. The largest absolute Gasteiger partial charge is 0.305 e. The molecule has 1 heterocycles. The van der Waals surface area contributed by atoms with Gasteiger partial charge in [0, 0.05) is 30.9 Å². The molecule has 0 atom stereocenters. The molecule has 0 fully saturated rings. The quantitative estimate of drug-likeness (QED) is 0.818. The summed E-state index contributed by atoms with van der Waals surface area (Å²) in [4.78, 5) is 11.6. The summed E-state index contributed by atoms with van der Waals surface area (Å²) in [5, 5.41) is 7.26. The van der Waals surface area contributed by atoms with Crippen LogP contribution in [0.1, 0.15) is 32.9 Å². The maximum atomic E-state index is 11.6. The van der Waals surface area contributed by atoms with E-state index >= 15 is 0 Å². The highest BCUT2D eigenvalue weighted by molar-refractivity contribution is 5.80. The van der Waals surface area contributed by atoms with Crippen molar-refractivity contribution >= 4 is 5.78 Å². The molecule has 0 aliphatic rings. The Balaban J connectivity index is 2.29. The zero-order valence-corrected chi connectivity index (χ0v) is 10.6. The summed E-state index contributed by atoms with van der Waals surface area (Å²) in [7, 11) is 1.90. The summed E-state index contributed by atoms with van der Waals surface area (Å²) in [6, 6.07) is 1.95. The summed E-state index contributed by atoms with van der Waals surface area (Å²) in [6.07, 6.45) is 3.09. The Morgan fingerprint density at radius 2 is 2.19 bits per heavy atom. The van der Waals surface area contributed by atoms with Crippen molar-refractivity contribution in [2.45, 2.75) is 39.2 Å². The van der Waals surface area contributed by atoms with Gasteiger partial charge in [-0.05, 0) is 33.3 Å². The fourth-order valence-electron chi connectivity index (χ4n) is 1.37. The van der Waals surface area contributed by atoms with Gasteiger partial charge < -0.3 is 5.32 Å². The highest BCUT2D eigenvalue weighted by atomic mass is 16.1. The minimum absolute atomic E-state index is 0.00217. The summed E-state index contributed by atoms with van der Waals surface area (Å²) in [5.41, 5.74) is 1.10. The SMILES string of the molecule is Cn1nccc1CCC(=O)CNC(C)(C)C. The van der Waals surface area contributed by atoms with Crippen molar-refractivity contribution in [1.82, 2.24) is 15.1 Å². The van der Waals surface area contributed by atoms with Gasteiger partial charge in [0.05, 0.1) is 6.54 Å². The second-order valence-corrected chi connectivity index (χ2v) is 5.09. The molecule has 0 aromatic carbocycles. The van der Waals surface area contributed by atoms with Crippen molar-refractivity contribution < 1.29 is 4.79 Å². The number of nitrogens with zero attached hydrogens (tertiary/aromatic N) is 2. The topological polar surface area (TPSA) is 46.9 Å². The first-order valence-electron chi connectivity index (χ1n) is 5.62. The van der Waals surface area contributed by atoms with Crippen LogP contribution in [-0.4, -0.2) is 27.6 Å². The van der Waals surface area contributed by atoms with Gasteiger partial charge in [0.1, 0.15) is 5.78 Å². The monoisotopic (exact) mass is 223 g/mol. The number of nitrogens with one attached hydrogen (secondary N) is 1. The first-order chi connectivity index (χ1) is 7.38. The van der Waals surface area contributed by atoms with Gasteiger partial charge in [-0.2, -0.15) is 5.10 Å². The van der Waals surface area contributed by atoms with Crippen molar-refractivity contribution in [3.05, 3.63) is 18.0 Å². The minimum Gasteiger partial charge on any atom is -0.305 e. The fraction of sp³-hybridized carbons (Fsp3) is 0.667. The smallest absolute Gasteiger partial charge is 0.147 e. The van der Waals surface area contributed by atoms with Crippen LogP contribution in [0.2, 0.25) is 0 Å². The molecular formula is C12H21N3O. The number of aryl methyl sites for hydroxylation is 2. The molecule has 0 bridgehead atoms. The predicted octanol–water partition coefficient (Wildman–Crippen LogP) is 1.31. The Morgan fingerprint density at radius 3 is 2.69 bits per heavy atom. The zero-order valence-electron chi connectivity index (χ0n) is 10.6. The molecule has 1 rings (SSSR count). The molecule has 90 valence electrons. The van der Waals surface area contributed by atoms with E-state index < -0.39 is 0 Å². The van der Waals surface area contributed by atoms with E-state index in [9.17, 15) is 4.79 Å². The van der Waals surface area contributed by atoms with E-state index in [-0.39, 0.29) is 11.3 Å². The standard InChI is InChI=1S/C12H21N3O/c1-12(2,3)13-9-11(16)6-5-10-7-8-14-15(10)4/h7-8,13H,5-6,9H2,1-4H3. The lowest BCUT2D eigenvalue weighted by molar-refractivity contribution is -0.118. The van der Waals surface area contributed by atoms with Gasteiger partial charge in [0.25, 0.3) is 0 Å². The van der Waals surface area contributed by atoms with E-state index in [1.54, 1.807) is 6.20 Å². The molecule has 1 N–H and O–H groups in total. The van der Waals surface area contributed by atoms with E-state index in [0.717, 1.165) is 12.1 Å². The Kier molecular flexibility index (Phi) is 4.24. The molecule has 0 spiro atoms. The molecule has 1 aromatic rings. The maximum absolute atomic E-state index is 11.6. The number of aromatic nitrogens is 2. The second kappa shape index (κ2) is 5.25. The Hall–Kier alpha value is -1.16. The molecule has 0 aliphatic carbocycles. The molecule has 0 saturated heterocycles. The molecule has 0 saturated carbocycles. The third-order valence-electron chi connectivity index (χ3n) is 2.40.